The van der Waals surface area contributed by atoms with E-state index in [1.165, 1.54) is 0 Å². The van der Waals surface area contributed by atoms with Gasteiger partial charge in [-0.3, -0.25) is 4.79 Å². The van der Waals surface area contributed by atoms with Gasteiger partial charge in [0, 0.05) is 13.6 Å². The van der Waals surface area contributed by atoms with Crippen molar-refractivity contribution in [1.29, 1.82) is 0 Å². The fourth-order valence-electron chi connectivity index (χ4n) is 2.70. The average Bonchev–Trinajstić information content (AvgIpc) is 3.06. The van der Waals surface area contributed by atoms with Gasteiger partial charge in [0.25, 0.3) is 0 Å². The monoisotopic (exact) mass is 351 g/mol. The molecule has 2 N–H and O–H groups in total. The van der Waals surface area contributed by atoms with Gasteiger partial charge in [0.15, 0.2) is 0 Å². The Balaban J connectivity index is 0.00000288. The number of rotatable bonds is 7. The smallest absolute Gasteiger partial charge is 0.230 e. The predicted molar refractivity (Wildman–Crippen MR) is 97.2 cm³/mol. The van der Waals surface area contributed by atoms with Crippen LogP contribution in [0.1, 0.15) is 32.4 Å². The fraction of sp³-hybridized carbons (Fsp3) is 0.471. The SMILES string of the molecule is CCC(CC)(CN)C(=O)N(C)Cc1cnn(-c2ccccc2)n1.Cl. The number of nitrogens with two attached hydrogens (primary N) is 1. The zero-order chi connectivity index (χ0) is 16.9. The van der Waals surface area contributed by atoms with Gasteiger partial charge in [-0.2, -0.15) is 15.0 Å². The second-order valence-corrected chi connectivity index (χ2v) is 5.81. The van der Waals surface area contributed by atoms with Crippen LogP contribution in [0.2, 0.25) is 0 Å². The summed E-state index contributed by atoms with van der Waals surface area (Å²) < 4.78 is 0. The Kier molecular flexibility index (Phi) is 7.38. The molecule has 2 aromatic rings. The second kappa shape index (κ2) is 8.80. The molecule has 24 heavy (non-hydrogen) atoms. The first-order valence-electron chi connectivity index (χ1n) is 7.98. The summed E-state index contributed by atoms with van der Waals surface area (Å²) in [5, 5.41) is 8.71. The summed E-state index contributed by atoms with van der Waals surface area (Å²) in [6.45, 7) is 4.80. The maximum absolute atomic E-state index is 12.7. The standard InChI is InChI=1S/C17H25N5O.ClH/c1-4-17(5-2,13-18)16(23)21(3)12-14-11-19-22(20-14)15-9-7-6-8-10-15;/h6-11H,4-5,12-13,18H2,1-3H3;1H. The van der Waals surface area contributed by atoms with Gasteiger partial charge in [0.2, 0.25) is 5.91 Å². The summed E-state index contributed by atoms with van der Waals surface area (Å²) in [7, 11) is 1.79. The molecule has 1 amide bonds. The number of para-hydroxylation sites is 1. The highest BCUT2D eigenvalue weighted by Crippen LogP contribution is 2.27. The number of halogens is 1. The lowest BCUT2D eigenvalue weighted by molar-refractivity contribution is -0.141. The Morgan fingerprint density at radius 2 is 1.88 bits per heavy atom. The molecule has 6 nitrogen and oxygen atoms in total. The molecule has 0 saturated carbocycles. The zero-order valence-electron chi connectivity index (χ0n) is 14.5. The van der Waals surface area contributed by atoms with Gasteiger partial charge in [-0.05, 0) is 25.0 Å². The minimum absolute atomic E-state index is 0. The molecule has 1 aromatic carbocycles. The Morgan fingerprint density at radius 1 is 1.25 bits per heavy atom. The van der Waals surface area contributed by atoms with Crippen LogP contribution in [-0.2, 0) is 11.3 Å². The molecular weight excluding hydrogens is 326 g/mol. The summed E-state index contributed by atoms with van der Waals surface area (Å²) in [5.41, 5.74) is 7.03. The van der Waals surface area contributed by atoms with E-state index >= 15 is 0 Å². The molecule has 0 aliphatic rings. The lowest BCUT2D eigenvalue weighted by atomic mass is 9.81. The fourth-order valence-corrected chi connectivity index (χ4v) is 2.70. The number of hydrogen-bond acceptors (Lipinski definition) is 4. The van der Waals surface area contributed by atoms with Crippen molar-refractivity contribution in [2.45, 2.75) is 33.2 Å². The molecule has 0 radical (unpaired) electrons. The summed E-state index contributed by atoms with van der Waals surface area (Å²) >= 11 is 0. The highest BCUT2D eigenvalue weighted by Gasteiger charge is 2.35. The Bertz CT molecular complexity index is 631. The van der Waals surface area contributed by atoms with E-state index in [0.717, 1.165) is 24.2 Å². The summed E-state index contributed by atoms with van der Waals surface area (Å²) in [6, 6.07) is 9.69. The molecule has 132 valence electrons. The van der Waals surface area contributed by atoms with Crippen LogP contribution in [0.4, 0.5) is 0 Å². The van der Waals surface area contributed by atoms with Crippen LogP contribution in [0, 0.1) is 5.41 Å². The first-order chi connectivity index (χ1) is 11.1. The Morgan fingerprint density at radius 3 is 2.42 bits per heavy atom. The van der Waals surface area contributed by atoms with Crippen molar-refractivity contribution in [3.63, 3.8) is 0 Å². The molecule has 0 saturated heterocycles. The molecule has 7 heteroatoms. The van der Waals surface area contributed by atoms with Crippen LogP contribution < -0.4 is 5.73 Å². The van der Waals surface area contributed by atoms with Crippen molar-refractivity contribution in [1.82, 2.24) is 19.9 Å². The number of hydrogen-bond donors (Lipinski definition) is 1. The van der Waals surface area contributed by atoms with Gasteiger partial charge in [-0.25, -0.2) is 0 Å². The van der Waals surface area contributed by atoms with Crippen molar-refractivity contribution < 1.29 is 4.79 Å². The van der Waals surface area contributed by atoms with E-state index in [9.17, 15) is 4.79 Å². The van der Waals surface area contributed by atoms with Gasteiger partial charge in [-0.1, -0.05) is 32.0 Å². The van der Waals surface area contributed by atoms with Crippen LogP contribution in [0.15, 0.2) is 36.5 Å². The van der Waals surface area contributed by atoms with E-state index in [2.05, 4.69) is 10.2 Å². The van der Waals surface area contributed by atoms with E-state index in [-0.39, 0.29) is 18.3 Å². The summed E-state index contributed by atoms with van der Waals surface area (Å²) in [4.78, 5) is 16.0. The second-order valence-electron chi connectivity index (χ2n) is 5.81. The van der Waals surface area contributed by atoms with E-state index < -0.39 is 5.41 Å². The molecule has 0 unspecified atom stereocenters. The van der Waals surface area contributed by atoms with E-state index in [0.29, 0.717) is 13.1 Å². The third kappa shape index (κ3) is 4.13. The zero-order valence-corrected chi connectivity index (χ0v) is 15.3. The van der Waals surface area contributed by atoms with Crippen LogP contribution in [0.3, 0.4) is 0 Å². The molecular formula is C17H26ClN5O. The molecule has 1 heterocycles. The van der Waals surface area contributed by atoms with Crippen molar-refractivity contribution in [3.8, 4) is 5.69 Å². The third-order valence-corrected chi connectivity index (χ3v) is 4.47. The van der Waals surface area contributed by atoms with Gasteiger partial charge in [-0.15, -0.1) is 12.4 Å². The highest BCUT2D eigenvalue weighted by molar-refractivity contribution is 5.85. The van der Waals surface area contributed by atoms with Crippen LogP contribution in [0.5, 0.6) is 0 Å². The van der Waals surface area contributed by atoms with Crippen molar-refractivity contribution in [2.75, 3.05) is 13.6 Å². The van der Waals surface area contributed by atoms with Gasteiger partial charge in [0.05, 0.1) is 23.8 Å². The Labute approximate surface area is 149 Å². The third-order valence-electron chi connectivity index (χ3n) is 4.47. The topological polar surface area (TPSA) is 77.0 Å². The predicted octanol–water partition coefficient (Wildman–Crippen LogP) is 2.41. The Hall–Kier alpha value is -1.92. The normalized spacial score (nSPS) is 11.0. The number of benzene rings is 1. The van der Waals surface area contributed by atoms with E-state index in [1.807, 2.05) is 44.2 Å². The number of aromatic nitrogens is 3. The summed E-state index contributed by atoms with van der Waals surface area (Å²) in [6.07, 6.45) is 3.17. The van der Waals surface area contributed by atoms with Crippen LogP contribution in [0.25, 0.3) is 5.69 Å². The van der Waals surface area contributed by atoms with Gasteiger partial charge < -0.3 is 10.6 Å². The quantitative estimate of drug-likeness (QED) is 0.831. The van der Waals surface area contributed by atoms with Gasteiger partial charge >= 0.3 is 0 Å². The molecule has 0 atom stereocenters. The van der Waals surface area contributed by atoms with E-state index in [4.69, 9.17) is 5.73 Å². The number of nitrogens with zero attached hydrogens (tertiary/aromatic N) is 4. The number of amides is 1. The molecule has 0 fully saturated rings. The summed E-state index contributed by atoms with van der Waals surface area (Å²) in [5.74, 6) is 0.0688. The minimum atomic E-state index is -0.482. The molecule has 0 aliphatic heterocycles. The largest absolute Gasteiger partial charge is 0.339 e. The maximum atomic E-state index is 12.7. The highest BCUT2D eigenvalue weighted by atomic mass is 35.5. The number of carbonyl (C=O) groups is 1. The lowest BCUT2D eigenvalue weighted by Gasteiger charge is -2.32. The molecule has 1 aromatic heterocycles. The van der Waals surface area contributed by atoms with Crippen molar-refractivity contribution in [3.05, 3.63) is 42.2 Å². The average molecular weight is 352 g/mol. The van der Waals surface area contributed by atoms with E-state index in [1.54, 1.807) is 22.9 Å². The first-order valence-corrected chi connectivity index (χ1v) is 7.98. The first kappa shape index (κ1) is 20.1. The van der Waals surface area contributed by atoms with Crippen LogP contribution in [-0.4, -0.2) is 39.4 Å². The molecule has 0 spiro atoms. The lowest BCUT2D eigenvalue weighted by Crippen LogP contribution is -2.45. The minimum Gasteiger partial charge on any atom is -0.339 e. The molecule has 0 aliphatic carbocycles. The maximum Gasteiger partial charge on any atom is 0.230 e. The molecule has 2 rings (SSSR count). The van der Waals surface area contributed by atoms with Gasteiger partial charge in [0.1, 0.15) is 5.69 Å². The van der Waals surface area contributed by atoms with Crippen LogP contribution >= 0.6 is 12.4 Å². The number of carbonyl (C=O) groups excluding carboxylic acids is 1. The van der Waals surface area contributed by atoms with Crippen molar-refractivity contribution in [2.24, 2.45) is 11.1 Å². The van der Waals surface area contributed by atoms with Crippen molar-refractivity contribution >= 4 is 18.3 Å². The molecule has 0 bridgehead atoms.